The molecule has 4 aliphatic heterocycles. The van der Waals surface area contributed by atoms with E-state index in [0.717, 1.165) is 6.07 Å². The quantitative estimate of drug-likeness (QED) is 0.208. The van der Waals surface area contributed by atoms with Gasteiger partial charge >= 0.3 is 0 Å². The van der Waals surface area contributed by atoms with E-state index in [2.05, 4.69) is 0 Å². The second-order valence-electron chi connectivity index (χ2n) is 11.4. The number of ether oxygens (including phenoxy) is 4. The SMILES string of the molecule is O=C1C=C2c3c(cc(O)c4c3O[C@@H](c3ccc(O)c(O)c3)[C@H](O)C4)O[C@@]23C[C@]1(O)O[C@@H]1Cc2c(O)cc(O)cc2OC13. The molecule has 0 saturated carbocycles. The standard InChI is InChI=1S/C30H24O12/c31-12-4-17(33)13-7-23-28(39-21(13)5-12)29-10-30(38,42-23)24(37)8-15(29)25-22(41-29)9-18(34)14-6-20(36)26(40-27(14)25)11-1-2-16(32)19(35)3-11/h1-5,8-9,20,23,26,28,31-36,38H,6-7,10H2/t20-,23-,26+,28?,29+,30+/m1/s1. The third kappa shape index (κ3) is 3.19. The van der Waals surface area contributed by atoms with Crippen LogP contribution in [-0.4, -0.2) is 71.2 Å². The van der Waals surface area contributed by atoms with Crippen LogP contribution in [0, 0.1) is 0 Å². The second kappa shape index (κ2) is 8.00. The van der Waals surface area contributed by atoms with Gasteiger partial charge in [-0.05, 0) is 23.8 Å². The van der Waals surface area contributed by atoms with Crippen molar-refractivity contribution in [3.8, 4) is 46.0 Å². The van der Waals surface area contributed by atoms with E-state index < -0.39 is 47.3 Å². The minimum absolute atomic E-state index is 0.0366. The van der Waals surface area contributed by atoms with Crippen LogP contribution in [0.1, 0.15) is 34.8 Å². The lowest BCUT2D eigenvalue weighted by atomic mass is 9.69. The highest BCUT2D eigenvalue weighted by atomic mass is 16.7. The molecule has 1 saturated heterocycles. The van der Waals surface area contributed by atoms with Crippen molar-refractivity contribution in [1.82, 2.24) is 0 Å². The molecule has 216 valence electrons. The van der Waals surface area contributed by atoms with Crippen molar-refractivity contribution in [3.63, 3.8) is 0 Å². The highest BCUT2D eigenvalue weighted by molar-refractivity contribution is 6.08. The smallest absolute Gasteiger partial charge is 0.235 e. The molecule has 12 nitrogen and oxygen atoms in total. The van der Waals surface area contributed by atoms with E-state index >= 15 is 0 Å². The number of ketones is 1. The van der Waals surface area contributed by atoms with E-state index in [0.29, 0.717) is 22.3 Å². The van der Waals surface area contributed by atoms with Crippen molar-refractivity contribution >= 4 is 11.4 Å². The van der Waals surface area contributed by atoms with Crippen molar-refractivity contribution in [2.45, 2.75) is 55.1 Å². The first-order valence-corrected chi connectivity index (χ1v) is 13.3. The maximum absolute atomic E-state index is 13.3. The third-order valence-corrected chi connectivity index (χ3v) is 8.81. The van der Waals surface area contributed by atoms with Crippen LogP contribution in [0.15, 0.2) is 42.5 Å². The minimum atomic E-state index is -2.26. The van der Waals surface area contributed by atoms with Gasteiger partial charge in [0.2, 0.25) is 11.6 Å². The first-order valence-electron chi connectivity index (χ1n) is 13.3. The van der Waals surface area contributed by atoms with E-state index in [1.807, 2.05) is 0 Å². The number of aliphatic hydroxyl groups excluding tert-OH is 1. The molecule has 0 radical (unpaired) electrons. The molecule has 1 spiro atoms. The van der Waals surface area contributed by atoms with E-state index in [4.69, 9.17) is 18.9 Å². The molecule has 3 aromatic carbocycles. The molecule has 0 aromatic heterocycles. The van der Waals surface area contributed by atoms with E-state index in [9.17, 15) is 40.5 Å². The lowest BCUT2D eigenvalue weighted by Crippen LogP contribution is -2.70. The van der Waals surface area contributed by atoms with Crippen LogP contribution < -0.4 is 14.2 Å². The Balaban J connectivity index is 1.28. The first-order chi connectivity index (χ1) is 20.0. The molecule has 6 atom stereocenters. The first kappa shape index (κ1) is 25.1. The van der Waals surface area contributed by atoms with Gasteiger partial charge in [-0.15, -0.1) is 0 Å². The minimum Gasteiger partial charge on any atom is -0.508 e. The predicted octanol–water partition coefficient (Wildman–Crippen LogP) is 1.83. The van der Waals surface area contributed by atoms with Crippen LogP contribution in [0.3, 0.4) is 0 Å². The van der Waals surface area contributed by atoms with Gasteiger partial charge in [0.1, 0.15) is 46.7 Å². The van der Waals surface area contributed by atoms with Gasteiger partial charge in [-0.2, -0.15) is 0 Å². The number of benzene rings is 3. The highest BCUT2D eigenvalue weighted by Crippen LogP contribution is 2.62. The molecule has 1 aliphatic carbocycles. The fourth-order valence-electron chi connectivity index (χ4n) is 6.94. The number of phenols is 5. The van der Waals surface area contributed by atoms with E-state index in [-0.39, 0.29) is 65.1 Å². The Morgan fingerprint density at radius 1 is 0.833 bits per heavy atom. The summed E-state index contributed by atoms with van der Waals surface area (Å²) < 4.78 is 24.9. The summed E-state index contributed by atoms with van der Waals surface area (Å²) in [7, 11) is 0. The lowest BCUT2D eigenvalue weighted by molar-refractivity contribution is -0.290. The number of aliphatic hydroxyl groups is 2. The predicted molar refractivity (Wildman–Crippen MR) is 140 cm³/mol. The molecule has 4 heterocycles. The second-order valence-corrected chi connectivity index (χ2v) is 11.4. The fraction of sp³-hybridized carbons (Fsp3) is 0.300. The summed E-state index contributed by atoms with van der Waals surface area (Å²) >= 11 is 0. The van der Waals surface area contributed by atoms with Crippen LogP contribution >= 0.6 is 0 Å². The van der Waals surface area contributed by atoms with Gasteiger partial charge in [-0.1, -0.05) is 6.07 Å². The number of phenolic OH excluding ortho intramolecular Hbond substituents is 5. The number of carbonyl (C=O) groups excluding carboxylic acids is 1. The van der Waals surface area contributed by atoms with Crippen molar-refractivity contribution in [1.29, 1.82) is 0 Å². The van der Waals surface area contributed by atoms with Gasteiger partial charge in [0.05, 0.1) is 18.1 Å². The molecular formula is C30H24O12. The lowest BCUT2D eigenvalue weighted by Gasteiger charge is -2.53. The highest BCUT2D eigenvalue weighted by Gasteiger charge is 2.69. The maximum atomic E-state index is 13.3. The number of rotatable bonds is 1. The Morgan fingerprint density at radius 2 is 1.62 bits per heavy atom. The Morgan fingerprint density at radius 3 is 2.40 bits per heavy atom. The summed E-state index contributed by atoms with van der Waals surface area (Å²) in [4.78, 5) is 13.3. The monoisotopic (exact) mass is 576 g/mol. The van der Waals surface area contributed by atoms with Crippen LogP contribution in [0.5, 0.6) is 46.0 Å². The van der Waals surface area contributed by atoms with Crippen LogP contribution in [0.4, 0.5) is 0 Å². The Bertz CT molecular complexity index is 1760. The molecule has 7 N–H and O–H groups in total. The number of carbonyl (C=O) groups is 1. The molecule has 5 aliphatic rings. The molecule has 8 rings (SSSR count). The zero-order valence-corrected chi connectivity index (χ0v) is 21.6. The normalized spacial score (nSPS) is 31.7. The Labute approximate surface area is 236 Å². The molecular weight excluding hydrogens is 552 g/mol. The average Bonchev–Trinajstić information content (AvgIpc) is 3.22. The molecule has 3 aromatic rings. The largest absolute Gasteiger partial charge is 0.508 e. The van der Waals surface area contributed by atoms with Gasteiger partial charge in [0.15, 0.2) is 23.2 Å². The van der Waals surface area contributed by atoms with Crippen molar-refractivity contribution < 1.29 is 59.5 Å². The number of aromatic hydroxyl groups is 5. The van der Waals surface area contributed by atoms with Gasteiger partial charge in [-0.25, -0.2) is 0 Å². The molecule has 1 fully saturated rings. The topological polar surface area (TPSA) is 196 Å². The number of hydrogen-bond donors (Lipinski definition) is 7. The molecule has 2 bridgehead atoms. The van der Waals surface area contributed by atoms with Crippen molar-refractivity contribution in [2.24, 2.45) is 0 Å². The third-order valence-electron chi connectivity index (χ3n) is 8.81. The van der Waals surface area contributed by atoms with Crippen LogP contribution in [0.25, 0.3) is 5.57 Å². The summed E-state index contributed by atoms with van der Waals surface area (Å²) in [6.45, 7) is 0. The summed E-state index contributed by atoms with van der Waals surface area (Å²) in [5.41, 5.74) is 0.0962. The van der Waals surface area contributed by atoms with Gasteiger partial charge in [-0.3, -0.25) is 4.79 Å². The molecule has 0 amide bonds. The van der Waals surface area contributed by atoms with Gasteiger partial charge in [0, 0.05) is 47.7 Å². The van der Waals surface area contributed by atoms with Crippen LogP contribution in [-0.2, 0) is 22.4 Å². The fourth-order valence-corrected chi connectivity index (χ4v) is 6.94. The van der Waals surface area contributed by atoms with Crippen LogP contribution in [0.2, 0.25) is 0 Å². The summed E-state index contributed by atoms with van der Waals surface area (Å²) in [6.07, 6.45) is -3.23. The zero-order chi connectivity index (χ0) is 29.3. The maximum Gasteiger partial charge on any atom is 0.235 e. The average molecular weight is 577 g/mol. The van der Waals surface area contributed by atoms with Crippen molar-refractivity contribution in [2.75, 3.05) is 0 Å². The van der Waals surface area contributed by atoms with E-state index in [1.165, 1.54) is 36.4 Å². The molecule has 12 heteroatoms. The number of fused-ring (bicyclic) bond motifs is 7. The number of hydrogen-bond acceptors (Lipinski definition) is 12. The molecule has 42 heavy (non-hydrogen) atoms. The molecule has 1 unspecified atom stereocenters. The summed E-state index contributed by atoms with van der Waals surface area (Å²) in [6, 6.07) is 7.87. The van der Waals surface area contributed by atoms with Gasteiger partial charge < -0.3 is 54.7 Å². The van der Waals surface area contributed by atoms with E-state index in [1.54, 1.807) is 0 Å². The Kier molecular flexibility index (Phi) is 4.78. The summed E-state index contributed by atoms with van der Waals surface area (Å²) in [5, 5.41) is 73.6. The van der Waals surface area contributed by atoms with Crippen molar-refractivity contribution in [3.05, 3.63) is 64.7 Å². The van der Waals surface area contributed by atoms with Gasteiger partial charge in [0.25, 0.3) is 0 Å². The zero-order valence-electron chi connectivity index (χ0n) is 21.6. The summed E-state index contributed by atoms with van der Waals surface area (Å²) in [5.74, 6) is -3.95. The Hall–Kier alpha value is -4.65.